The molecule has 1 fully saturated rings. The maximum atomic E-state index is 13.0. The molecule has 0 spiro atoms. The molecule has 0 saturated carbocycles. The number of amides is 5. The number of carbonyl (C=O) groups is 4. The highest BCUT2D eigenvalue weighted by Crippen LogP contribution is 2.22. The Kier molecular flexibility index (Phi) is 7.85. The van der Waals surface area contributed by atoms with Crippen molar-refractivity contribution < 1.29 is 23.6 Å². The van der Waals surface area contributed by atoms with Gasteiger partial charge in [-0.05, 0) is 44.7 Å². The van der Waals surface area contributed by atoms with E-state index in [0.717, 1.165) is 0 Å². The van der Waals surface area contributed by atoms with E-state index in [9.17, 15) is 19.2 Å². The minimum absolute atomic E-state index is 0.0567. The van der Waals surface area contributed by atoms with Gasteiger partial charge in [-0.3, -0.25) is 14.4 Å². The second-order valence-corrected chi connectivity index (χ2v) is 8.25. The van der Waals surface area contributed by atoms with Gasteiger partial charge in [-0.15, -0.1) is 0 Å². The van der Waals surface area contributed by atoms with Crippen molar-refractivity contribution in [2.24, 2.45) is 11.7 Å². The molecule has 166 valence electrons. The lowest BCUT2D eigenvalue weighted by atomic mass is 10.0. The Labute approximate surface area is 175 Å². The summed E-state index contributed by atoms with van der Waals surface area (Å²) in [6.07, 6.45) is 1.96. The van der Waals surface area contributed by atoms with E-state index in [4.69, 9.17) is 10.2 Å². The van der Waals surface area contributed by atoms with Crippen molar-refractivity contribution in [3.8, 4) is 0 Å². The van der Waals surface area contributed by atoms with Crippen LogP contribution in [0, 0.1) is 5.92 Å². The van der Waals surface area contributed by atoms with Crippen molar-refractivity contribution in [1.29, 1.82) is 0 Å². The Hall–Kier alpha value is -3.04. The quantitative estimate of drug-likeness (QED) is 0.485. The first-order chi connectivity index (χ1) is 14.1. The highest BCUT2D eigenvalue weighted by Gasteiger charge is 2.42. The van der Waals surface area contributed by atoms with Crippen LogP contribution in [0.4, 0.5) is 4.79 Å². The maximum Gasteiger partial charge on any atom is 0.315 e. The first-order valence-electron chi connectivity index (χ1n) is 10.1. The van der Waals surface area contributed by atoms with Crippen LogP contribution in [0.25, 0.3) is 0 Å². The van der Waals surface area contributed by atoms with Crippen molar-refractivity contribution in [1.82, 2.24) is 20.9 Å². The Bertz CT molecular complexity index is 762. The van der Waals surface area contributed by atoms with Crippen molar-refractivity contribution in [3.05, 3.63) is 24.2 Å². The smallest absolute Gasteiger partial charge is 0.315 e. The molecule has 5 amide bonds. The Morgan fingerprint density at radius 3 is 2.43 bits per heavy atom. The van der Waals surface area contributed by atoms with Gasteiger partial charge < -0.3 is 31.0 Å². The molecule has 0 aliphatic carbocycles. The van der Waals surface area contributed by atoms with E-state index >= 15 is 0 Å². The molecule has 10 heteroatoms. The van der Waals surface area contributed by atoms with Crippen LogP contribution in [-0.2, 0) is 9.59 Å². The SMILES string of the molecule is CC(C)CC(NC(=O)C1CC(NC(=O)NC(C)C)CN1C(=O)c1ccco1)C(N)=O. The van der Waals surface area contributed by atoms with E-state index in [1.807, 2.05) is 27.7 Å². The molecule has 2 heterocycles. The van der Waals surface area contributed by atoms with Crippen LogP contribution in [0.3, 0.4) is 0 Å². The lowest BCUT2D eigenvalue weighted by Crippen LogP contribution is -2.52. The summed E-state index contributed by atoms with van der Waals surface area (Å²) < 4.78 is 5.18. The van der Waals surface area contributed by atoms with Gasteiger partial charge in [0, 0.05) is 12.6 Å². The van der Waals surface area contributed by atoms with Gasteiger partial charge in [0.2, 0.25) is 11.8 Å². The van der Waals surface area contributed by atoms with Gasteiger partial charge in [0.15, 0.2) is 5.76 Å². The molecular formula is C20H31N5O5. The molecule has 1 aromatic rings. The molecule has 2 rings (SSSR count). The standard InChI is InChI=1S/C20H31N5O5/c1-11(2)8-14(17(21)26)24-18(27)15-9-13(23-20(29)22-12(3)4)10-25(15)19(28)16-6-5-7-30-16/h5-7,11-15H,8-10H2,1-4H3,(H2,21,26)(H,24,27)(H2,22,23,29). The summed E-state index contributed by atoms with van der Waals surface area (Å²) in [4.78, 5) is 51.0. The van der Waals surface area contributed by atoms with Crippen LogP contribution in [-0.4, -0.2) is 59.4 Å². The molecule has 0 radical (unpaired) electrons. The van der Waals surface area contributed by atoms with E-state index in [2.05, 4.69) is 16.0 Å². The molecule has 0 aromatic carbocycles. The third kappa shape index (κ3) is 6.23. The summed E-state index contributed by atoms with van der Waals surface area (Å²) in [6.45, 7) is 7.62. The zero-order valence-electron chi connectivity index (χ0n) is 17.8. The van der Waals surface area contributed by atoms with Gasteiger partial charge in [0.1, 0.15) is 12.1 Å². The summed E-state index contributed by atoms with van der Waals surface area (Å²) in [5.41, 5.74) is 5.43. The molecule has 0 bridgehead atoms. The van der Waals surface area contributed by atoms with Crippen LogP contribution in [0.5, 0.6) is 0 Å². The Morgan fingerprint density at radius 1 is 1.20 bits per heavy atom. The van der Waals surface area contributed by atoms with Crippen molar-refractivity contribution >= 4 is 23.8 Å². The summed E-state index contributed by atoms with van der Waals surface area (Å²) in [6, 6.07) is 0.505. The first kappa shape index (κ1) is 23.2. The highest BCUT2D eigenvalue weighted by atomic mass is 16.3. The number of hydrogen-bond acceptors (Lipinski definition) is 5. The highest BCUT2D eigenvalue weighted by molar-refractivity contribution is 5.97. The average Bonchev–Trinajstić information content (AvgIpc) is 3.29. The number of rotatable bonds is 8. The van der Waals surface area contributed by atoms with Gasteiger partial charge >= 0.3 is 6.03 Å². The van der Waals surface area contributed by atoms with E-state index in [0.29, 0.717) is 6.42 Å². The number of nitrogens with one attached hydrogen (secondary N) is 3. The number of hydrogen-bond donors (Lipinski definition) is 4. The molecule has 1 aromatic heterocycles. The first-order valence-corrected chi connectivity index (χ1v) is 10.1. The maximum absolute atomic E-state index is 13.0. The van der Waals surface area contributed by atoms with Crippen molar-refractivity contribution in [2.45, 2.75) is 64.7 Å². The number of primary amides is 1. The van der Waals surface area contributed by atoms with Crippen molar-refractivity contribution in [2.75, 3.05) is 6.54 Å². The van der Waals surface area contributed by atoms with Gasteiger partial charge in [0.05, 0.1) is 12.3 Å². The van der Waals surface area contributed by atoms with Gasteiger partial charge in [0.25, 0.3) is 5.91 Å². The second-order valence-electron chi connectivity index (χ2n) is 8.25. The average molecular weight is 421 g/mol. The summed E-state index contributed by atoms with van der Waals surface area (Å²) in [5.74, 6) is -1.36. The number of nitrogens with zero attached hydrogens (tertiary/aromatic N) is 1. The number of carbonyl (C=O) groups excluding carboxylic acids is 4. The molecule has 1 aliphatic rings. The van der Waals surface area contributed by atoms with E-state index in [1.54, 1.807) is 6.07 Å². The number of likely N-dealkylation sites (tertiary alicyclic amines) is 1. The number of furan rings is 1. The normalized spacial score (nSPS) is 19.6. The van der Waals surface area contributed by atoms with Gasteiger partial charge in [-0.2, -0.15) is 0 Å². The third-order valence-corrected chi connectivity index (χ3v) is 4.72. The molecule has 1 aliphatic heterocycles. The summed E-state index contributed by atoms with van der Waals surface area (Å²) in [5, 5.41) is 8.17. The molecular weight excluding hydrogens is 390 g/mol. The third-order valence-electron chi connectivity index (χ3n) is 4.72. The molecule has 30 heavy (non-hydrogen) atoms. The van der Waals surface area contributed by atoms with Gasteiger partial charge in [-0.1, -0.05) is 13.8 Å². The van der Waals surface area contributed by atoms with Crippen LogP contribution in [0.2, 0.25) is 0 Å². The zero-order valence-corrected chi connectivity index (χ0v) is 17.8. The zero-order chi connectivity index (χ0) is 22.4. The Balaban J connectivity index is 2.16. The van der Waals surface area contributed by atoms with E-state index < -0.39 is 35.8 Å². The number of nitrogens with two attached hydrogens (primary N) is 1. The fourth-order valence-electron chi connectivity index (χ4n) is 3.43. The molecule has 3 unspecified atom stereocenters. The fraction of sp³-hybridized carbons (Fsp3) is 0.600. The lowest BCUT2D eigenvalue weighted by molar-refractivity contribution is -0.130. The van der Waals surface area contributed by atoms with E-state index in [1.165, 1.54) is 17.2 Å². The molecule has 5 N–H and O–H groups in total. The predicted molar refractivity (Wildman–Crippen MR) is 109 cm³/mol. The Morgan fingerprint density at radius 2 is 1.90 bits per heavy atom. The fourth-order valence-corrected chi connectivity index (χ4v) is 3.43. The van der Waals surface area contributed by atoms with E-state index in [-0.39, 0.29) is 36.7 Å². The number of urea groups is 1. The minimum Gasteiger partial charge on any atom is -0.459 e. The monoisotopic (exact) mass is 421 g/mol. The summed E-state index contributed by atoms with van der Waals surface area (Å²) >= 11 is 0. The van der Waals surface area contributed by atoms with Crippen LogP contribution >= 0.6 is 0 Å². The second kappa shape index (κ2) is 10.1. The molecule has 3 atom stereocenters. The van der Waals surface area contributed by atoms with Crippen LogP contribution in [0.15, 0.2) is 22.8 Å². The largest absolute Gasteiger partial charge is 0.459 e. The van der Waals surface area contributed by atoms with Crippen LogP contribution < -0.4 is 21.7 Å². The lowest BCUT2D eigenvalue weighted by Gasteiger charge is -2.25. The predicted octanol–water partition coefficient (Wildman–Crippen LogP) is 0.587. The summed E-state index contributed by atoms with van der Waals surface area (Å²) in [7, 11) is 0. The topological polar surface area (TPSA) is 147 Å². The molecule has 10 nitrogen and oxygen atoms in total. The molecule has 1 saturated heterocycles. The van der Waals surface area contributed by atoms with Crippen LogP contribution in [0.1, 0.15) is 51.1 Å². The van der Waals surface area contributed by atoms with Gasteiger partial charge in [-0.25, -0.2) is 4.79 Å². The van der Waals surface area contributed by atoms with Crippen molar-refractivity contribution in [3.63, 3.8) is 0 Å². The minimum atomic E-state index is -0.874.